The average Bonchev–Trinajstić information content (AvgIpc) is 3.41. The largest absolute Gasteiger partial charge is 0.813 e. The van der Waals surface area contributed by atoms with Crippen molar-refractivity contribution in [3.8, 4) is 11.1 Å². The number of halogens is 3. The molecule has 1 aliphatic heterocycles. The Bertz CT molecular complexity index is 997. The maximum atomic E-state index is 4.93. The molecule has 3 aromatic rings. The van der Waals surface area contributed by atoms with Crippen LogP contribution >= 0.6 is 44.7 Å². The van der Waals surface area contributed by atoms with Crippen molar-refractivity contribution in [2.24, 2.45) is 0 Å². The molecule has 3 aliphatic rings. The van der Waals surface area contributed by atoms with E-state index in [9.17, 15) is 0 Å². The molecule has 0 amide bonds. The van der Waals surface area contributed by atoms with Gasteiger partial charge in [-0.25, -0.2) is 0 Å². The van der Waals surface area contributed by atoms with E-state index in [1.807, 2.05) is 23.9 Å². The molecule has 30 heavy (non-hydrogen) atoms. The van der Waals surface area contributed by atoms with Crippen LogP contribution in [0.15, 0.2) is 66.2 Å². The second kappa shape index (κ2) is 11.8. The van der Waals surface area contributed by atoms with Crippen LogP contribution < -0.4 is 0 Å². The molecule has 0 aromatic heterocycles. The van der Waals surface area contributed by atoms with Gasteiger partial charge in [0.05, 0.1) is 4.16 Å². The Morgan fingerprint density at radius 2 is 1.67 bits per heavy atom. The minimum absolute atomic E-state index is 0. The molecule has 2 atom stereocenters. The molecule has 0 bridgehead atoms. The van der Waals surface area contributed by atoms with Crippen LogP contribution in [-0.2, 0) is 40.8 Å². The van der Waals surface area contributed by atoms with Crippen LogP contribution in [-0.4, -0.2) is 9.91 Å². The fourth-order valence-corrected chi connectivity index (χ4v) is 6.19. The van der Waals surface area contributed by atoms with Crippen LogP contribution in [0.25, 0.3) is 17.2 Å². The summed E-state index contributed by atoms with van der Waals surface area (Å²) in [4.78, 5) is 0. The maximum Gasteiger partial charge on any atom is -0.0454 e. The van der Waals surface area contributed by atoms with E-state index in [1.54, 1.807) is 5.57 Å². The molecule has 6 heteroatoms. The Morgan fingerprint density at radius 1 is 0.967 bits per heavy atom. The minimum Gasteiger partial charge on any atom is -0.813 e. The van der Waals surface area contributed by atoms with Gasteiger partial charge in [-0.15, -0.1) is 94.2 Å². The van der Waals surface area contributed by atoms with Gasteiger partial charge in [-0.05, 0) is 12.3 Å². The van der Waals surface area contributed by atoms with Gasteiger partial charge in [0.25, 0.3) is 0 Å². The summed E-state index contributed by atoms with van der Waals surface area (Å²) in [6.45, 7) is 0. The number of thioether (sulfide) groups is 1. The van der Waals surface area contributed by atoms with Gasteiger partial charge in [0.1, 0.15) is 0 Å². The third-order valence-corrected chi connectivity index (χ3v) is 7.68. The quantitative estimate of drug-likeness (QED) is 0.0869. The van der Waals surface area contributed by atoms with E-state index in [0.717, 1.165) is 6.42 Å². The normalized spacial score (nSPS) is 18.7. The number of benzene rings is 3. The summed E-state index contributed by atoms with van der Waals surface area (Å²) >= 11 is 4.89. The van der Waals surface area contributed by atoms with Gasteiger partial charge in [-0.3, -0.25) is 0 Å². The Balaban J connectivity index is 0.000000147. The van der Waals surface area contributed by atoms with Gasteiger partial charge in [0, 0.05) is 5.75 Å². The van der Waals surface area contributed by atoms with E-state index in [-0.39, 0.29) is 13.5 Å². The maximum absolute atomic E-state index is 4.93. The van der Waals surface area contributed by atoms with Crippen LogP contribution in [0.3, 0.4) is 0 Å². The summed E-state index contributed by atoms with van der Waals surface area (Å²) in [5, 5.41) is 0. The summed E-state index contributed by atoms with van der Waals surface area (Å²) in [6, 6.07) is 27.7. The molecule has 2 aliphatic carbocycles. The number of hydrogen-bond donors (Lipinski definition) is 0. The molecular formula is C24H18BrCl2S2Zr-3. The zero-order chi connectivity index (χ0) is 20.2. The van der Waals surface area contributed by atoms with E-state index in [0.29, 0.717) is 10.1 Å². The van der Waals surface area contributed by atoms with Crippen molar-refractivity contribution in [2.45, 2.75) is 16.5 Å². The third kappa shape index (κ3) is 5.33. The molecule has 0 N–H and O–H groups in total. The average molecular weight is 613 g/mol. The summed E-state index contributed by atoms with van der Waals surface area (Å²) in [6.07, 6.45) is 3.37. The number of thiol groups is 1. The summed E-state index contributed by atoms with van der Waals surface area (Å²) < 4.78 is 0.566. The van der Waals surface area contributed by atoms with Crippen molar-refractivity contribution < 1.29 is 20.8 Å². The third-order valence-electron chi connectivity index (χ3n) is 5.27. The van der Waals surface area contributed by atoms with E-state index < -0.39 is 20.8 Å². The standard InChI is InChI=1S/C13H9.C11H8BrS.2ClH.H2S.Zr/c1-3-7-12-10(5-1)9-11-6-2-4-8-13(11)12;12-11-10-8(6-13-11)5-7-3-1-2-4-9(7)10;;;;/h1-7H,9H2;1-2,4-5,10-11H,6H2;2*1H;1H2;/q2*-1;;;;+2/p-3. The summed E-state index contributed by atoms with van der Waals surface area (Å²) in [7, 11) is 9.87. The topological polar surface area (TPSA) is 0 Å². The zero-order valence-electron chi connectivity index (χ0n) is 15.9. The molecule has 0 spiro atoms. The predicted molar refractivity (Wildman–Crippen MR) is 135 cm³/mol. The Labute approximate surface area is 217 Å². The first kappa shape index (κ1) is 24.7. The summed E-state index contributed by atoms with van der Waals surface area (Å²) in [5.41, 5.74) is 9.79. The number of alkyl halides is 1. The van der Waals surface area contributed by atoms with Gasteiger partial charge in [-0.1, -0.05) is 51.3 Å². The number of hydrogen-bond acceptors (Lipinski definition) is 2. The smallest absolute Gasteiger partial charge is 0.0454 e. The van der Waals surface area contributed by atoms with Crippen molar-refractivity contribution in [1.29, 1.82) is 0 Å². The van der Waals surface area contributed by atoms with E-state index >= 15 is 0 Å². The van der Waals surface area contributed by atoms with Gasteiger partial charge in [0.2, 0.25) is 0 Å². The molecule has 154 valence electrons. The molecule has 3 aromatic carbocycles. The first-order valence-corrected chi connectivity index (χ1v) is 17.5. The van der Waals surface area contributed by atoms with Crippen LogP contribution in [0.4, 0.5) is 0 Å². The van der Waals surface area contributed by atoms with Crippen LogP contribution in [0, 0.1) is 12.1 Å². The van der Waals surface area contributed by atoms with Gasteiger partial charge in [0.15, 0.2) is 0 Å². The molecular weight excluding hydrogens is 594 g/mol. The van der Waals surface area contributed by atoms with Crippen molar-refractivity contribution in [1.82, 2.24) is 0 Å². The second-order valence-electron chi connectivity index (χ2n) is 6.87. The van der Waals surface area contributed by atoms with Crippen molar-refractivity contribution in [2.75, 3.05) is 5.75 Å². The molecule has 0 saturated carbocycles. The van der Waals surface area contributed by atoms with Crippen molar-refractivity contribution >= 4 is 64.3 Å². The molecule has 0 nitrogen and oxygen atoms in total. The minimum atomic E-state index is -0.826. The van der Waals surface area contributed by atoms with Gasteiger partial charge in [-0.2, -0.15) is 0 Å². The first-order chi connectivity index (χ1) is 14.2. The fraction of sp³-hybridized carbons (Fsp3) is 0.167. The van der Waals surface area contributed by atoms with Crippen molar-refractivity contribution in [3.05, 3.63) is 101 Å². The van der Waals surface area contributed by atoms with E-state index in [1.165, 1.54) is 39.1 Å². The summed E-state index contributed by atoms with van der Waals surface area (Å²) in [5.74, 6) is 1.78. The molecule has 1 heterocycles. The number of rotatable bonds is 0. The molecule has 2 unspecified atom stereocenters. The monoisotopic (exact) mass is 609 g/mol. The Kier molecular flexibility index (Phi) is 9.69. The van der Waals surface area contributed by atoms with Crippen molar-refractivity contribution in [3.63, 3.8) is 0 Å². The number of fused-ring (bicyclic) bond motifs is 6. The molecule has 1 saturated heterocycles. The first-order valence-electron chi connectivity index (χ1n) is 9.23. The second-order valence-corrected chi connectivity index (χ2v) is 13.3. The van der Waals surface area contributed by atoms with E-state index in [2.05, 4.69) is 82.7 Å². The van der Waals surface area contributed by atoms with Gasteiger partial charge < -0.3 is 13.5 Å². The van der Waals surface area contributed by atoms with E-state index in [4.69, 9.17) is 17.0 Å². The molecule has 0 radical (unpaired) electrons. The Morgan fingerprint density at radius 3 is 2.50 bits per heavy atom. The van der Waals surface area contributed by atoms with Crippen LogP contribution in [0.2, 0.25) is 0 Å². The van der Waals surface area contributed by atoms with Gasteiger partial charge >= 0.3 is 37.9 Å². The molecule has 1 fully saturated rings. The SMILES string of the molecule is BrC1SCC2=Cc3[c-]cccc3C21.[Cl][Zr][Cl].[SH-].[c-]1cccc2c1-c1ccccc1C2. The zero-order valence-corrected chi connectivity index (χ0v) is 23.2. The molecule has 6 rings (SSSR count). The fourth-order valence-electron chi connectivity index (χ4n) is 4.04. The Hall–Kier alpha value is 0.0431. The van der Waals surface area contributed by atoms with Crippen LogP contribution in [0.5, 0.6) is 0 Å². The van der Waals surface area contributed by atoms with Crippen LogP contribution in [0.1, 0.15) is 28.2 Å². The predicted octanol–water partition coefficient (Wildman–Crippen LogP) is 7.60.